The van der Waals surface area contributed by atoms with E-state index in [1.807, 2.05) is 6.92 Å². The number of esters is 1. The van der Waals surface area contributed by atoms with Gasteiger partial charge in [0.15, 0.2) is 0 Å². The molecule has 1 aliphatic heterocycles. The Morgan fingerprint density at radius 3 is 2.55 bits per heavy atom. The number of Topliss-reactive ketones (excluding diaryl/α,β-unsaturated/α-hetero) is 1. The van der Waals surface area contributed by atoms with Crippen molar-refractivity contribution in [3.05, 3.63) is 0 Å². The summed E-state index contributed by atoms with van der Waals surface area (Å²) in [6.07, 6.45) is 3.38. The second-order valence-electron chi connectivity index (χ2n) is 6.39. The van der Waals surface area contributed by atoms with Crippen molar-refractivity contribution >= 4 is 17.7 Å². The van der Waals surface area contributed by atoms with Crippen molar-refractivity contribution < 1.29 is 19.1 Å². The van der Waals surface area contributed by atoms with Gasteiger partial charge in [-0.05, 0) is 38.6 Å². The van der Waals surface area contributed by atoms with Crippen LogP contribution in [0.1, 0.15) is 52.9 Å². The molecule has 0 spiro atoms. The molecule has 0 saturated carbocycles. The third-order valence-corrected chi connectivity index (χ3v) is 4.32. The number of nitrogens with zero attached hydrogens (tertiary/aromatic N) is 1. The standard InChI is InChI=1S/C16H28N2O4/c1-4-16(2,3)13(19)14(20)18-10-6-5-8-12(18)15(21)22-11-7-9-17/h12H,4-11,17H2,1-3H3/t12-/m1/s1. The zero-order valence-electron chi connectivity index (χ0n) is 13.9. The van der Waals surface area contributed by atoms with Crippen molar-refractivity contribution in [2.75, 3.05) is 19.7 Å². The van der Waals surface area contributed by atoms with Crippen LogP contribution in [0.25, 0.3) is 0 Å². The van der Waals surface area contributed by atoms with Crippen LogP contribution < -0.4 is 5.73 Å². The van der Waals surface area contributed by atoms with E-state index in [0.29, 0.717) is 32.4 Å². The van der Waals surface area contributed by atoms with Crippen LogP contribution in [0.4, 0.5) is 0 Å². The van der Waals surface area contributed by atoms with Gasteiger partial charge in [0.2, 0.25) is 5.78 Å². The van der Waals surface area contributed by atoms with Gasteiger partial charge in [-0.1, -0.05) is 20.8 Å². The lowest BCUT2D eigenvalue weighted by Crippen LogP contribution is -2.53. The van der Waals surface area contributed by atoms with Gasteiger partial charge in [-0.3, -0.25) is 9.59 Å². The number of rotatable bonds is 7. The molecule has 0 unspecified atom stereocenters. The van der Waals surface area contributed by atoms with Gasteiger partial charge in [0.25, 0.3) is 5.91 Å². The molecule has 6 nitrogen and oxygen atoms in total. The molecule has 6 heteroatoms. The average Bonchev–Trinajstić information content (AvgIpc) is 2.53. The maximum absolute atomic E-state index is 12.5. The highest BCUT2D eigenvalue weighted by atomic mass is 16.5. The van der Waals surface area contributed by atoms with Crippen molar-refractivity contribution in [2.45, 2.75) is 58.9 Å². The first-order valence-corrected chi connectivity index (χ1v) is 8.07. The summed E-state index contributed by atoms with van der Waals surface area (Å²) < 4.78 is 5.17. The molecule has 1 atom stereocenters. The summed E-state index contributed by atoms with van der Waals surface area (Å²) >= 11 is 0. The predicted molar refractivity (Wildman–Crippen MR) is 83.1 cm³/mol. The molecule has 1 saturated heterocycles. The van der Waals surface area contributed by atoms with Crippen LogP contribution >= 0.6 is 0 Å². The number of hydrogen-bond acceptors (Lipinski definition) is 5. The highest BCUT2D eigenvalue weighted by molar-refractivity contribution is 6.38. The fourth-order valence-electron chi connectivity index (χ4n) is 2.35. The fraction of sp³-hybridized carbons (Fsp3) is 0.812. The van der Waals surface area contributed by atoms with Crippen LogP contribution in [0, 0.1) is 5.41 Å². The third kappa shape index (κ3) is 4.53. The quantitative estimate of drug-likeness (QED) is 0.434. The van der Waals surface area contributed by atoms with E-state index in [-0.39, 0.29) is 6.61 Å². The molecule has 1 amide bonds. The molecule has 1 rings (SSSR count). The second-order valence-corrected chi connectivity index (χ2v) is 6.39. The fourth-order valence-corrected chi connectivity index (χ4v) is 2.35. The molecule has 1 heterocycles. The van der Waals surface area contributed by atoms with Crippen molar-refractivity contribution in [1.82, 2.24) is 4.90 Å². The summed E-state index contributed by atoms with van der Waals surface area (Å²) in [4.78, 5) is 38.4. The van der Waals surface area contributed by atoms with Crippen LogP contribution in [0.5, 0.6) is 0 Å². The summed E-state index contributed by atoms with van der Waals surface area (Å²) in [5, 5.41) is 0. The van der Waals surface area contributed by atoms with Gasteiger partial charge in [-0.25, -0.2) is 4.79 Å². The van der Waals surface area contributed by atoms with Gasteiger partial charge >= 0.3 is 5.97 Å². The van der Waals surface area contributed by atoms with Gasteiger partial charge < -0.3 is 15.4 Å². The Morgan fingerprint density at radius 2 is 1.95 bits per heavy atom. The van der Waals surface area contributed by atoms with E-state index in [0.717, 1.165) is 12.8 Å². The molecule has 0 aromatic heterocycles. The van der Waals surface area contributed by atoms with E-state index < -0.39 is 29.1 Å². The number of ketones is 1. The SMILES string of the molecule is CCC(C)(C)C(=O)C(=O)N1CCCC[C@@H]1C(=O)OCCCN. The number of carbonyl (C=O) groups excluding carboxylic acids is 3. The molecule has 0 aliphatic carbocycles. The normalized spacial score (nSPS) is 18.9. The minimum Gasteiger partial charge on any atom is -0.464 e. The smallest absolute Gasteiger partial charge is 0.328 e. The Bertz CT molecular complexity index is 420. The molecule has 0 aromatic rings. The lowest BCUT2D eigenvalue weighted by atomic mass is 9.84. The molecule has 22 heavy (non-hydrogen) atoms. The van der Waals surface area contributed by atoms with Crippen LogP contribution in [-0.4, -0.2) is 48.3 Å². The largest absolute Gasteiger partial charge is 0.464 e. The first-order valence-electron chi connectivity index (χ1n) is 8.07. The monoisotopic (exact) mass is 312 g/mol. The topological polar surface area (TPSA) is 89.7 Å². The lowest BCUT2D eigenvalue weighted by molar-refractivity contribution is -0.161. The van der Waals surface area contributed by atoms with E-state index in [2.05, 4.69) is 0 Å². The lowest BCUT2D eigenvalue weighted by Gasteiger charge is -2.35. The maximum atomic E-state index is 12.5. The molecule has 1 fully saturated rings. The van der Waals surface area contributed by atoms with E-state index in [4.69, 9.17) is 10.5 Å². The summed E-state index contributed by atoms with van der Waals surface area (Å²) in [5.41, 5.74) is 4.67. The number of ether oxygens (including phenoxy) is 1. The Balaban J connectivity index is 2.78. The first-order chi connectivity index (χ1) is 10.3. The van der Waals surface area contributed by atoms with Crippen LogP contribution in [0.15, 0.2) is 0 Å². The van der Waals surface area contributed by atoms with Crippen LogP contribution in [0.2, 0.25) is 0 Å². The zero-order valence-corrected chi connectivity index (χ0v) is 13.9. The van der Waals surface area contributed by atoms with Crippen LogP contribution in [0.3, 0.4) is 0 Å². The highest BCUT2D eigenvalue weighted by Gasteiger charge is 2.40. The molecule has 0 aromatic carbocycles. The zero-order chi connectivity index (χ0) is 16.8. The van der Waals surface area contributed by atoms with Gasteiger partial charge in [-0.2, -0.15) is 0 Å². The summed E-state index contributed by atoms with van der Waals surface area (Å²) in [6.45, 7) is 6.52. The Morgan fingerprint density at radius 1 is 1.27 bits per heavy atom. The number of likely N-dealkylation sites (tertiary alicyclic amines) is 1. The van der Waals surface area contributed by atoms with E-state index in [1.165, 1.54) is 4.90 Å². The highest BCUT2D eigenvalue weighted by Crippen LogP contribution is 2.25. The summed E-state index contributed by atoms with van der Waals surface area (Å²) in [6, 6.07) is -0.643. The minimum absolute atomic E-state index is 0.252. The van der Waals surface area contributed by atoms with Gasteiger partial charge in [0, 0.05) is 12.0 Å². The van der Waals surface area contributed by atoms with Gasteiger partial charge in [-0.15, -0.1) is 0 Å². The van der Waals surface area contributed by atoms with E-state index in [1.54, 1.807) is 13.8 Å². The van der Waals surface area contributed by atoms with Crippen molar-refractivity contribution in [3.63, 3.8) is 0 Å². The first kappa shape index (κ1) is 18.6. The Kier molecular flexibility index (Phi) is 7.00. The molecule has 0 bridgehead atoms. The molecular formula is C16H28N2O4. The Labute approximate surface area is 132 Å². The third-order valence-electron chi connectivity index (χ3n) is 4.32. The molecule has 1 aliphatic rings. The number of piperidine rings is 1. The maximum Gasteiger partial charge on any atom is 0.328 e. The summed E-state index contributed by atoms with van der Waals surface area (Å²) in [5.74, 6) is -1.42. The predicted octanol–water partition coefficient (Wildman–Crippen LogP) is 1.26. The van der Waals surface area contributed by atoms with Crippen molar-refractivity contribution in [2.24, 2.45) is 11.1 Å². The number of carbonyl (C=O) groups is 3. The molecular weight excluding hydrogens is 284 g/mol. The minimum atomic E-state index is -0.706. The van der Waals surface area contributed by atoms with Crippen molar-refractivity contribution in [1.29, 1.82) is 0 Å². The number of hydrogen-bond donors (Lipinski definition) is 1. The van der Waals surface area contributed by atoms with Crippen molar-refractivity contribution in [3.8, 4) is 0 Å². The van der Waals surface area contributed by atoms with Gasteiger partial charge in [0.05, 0.1) is 6.61 Å². The Hall–Kier alpha value is -1.43. The van der Waals surface area contributed by atoms with Gasteiger partial charge in [0.1, 0.15) is 6.04 Å². The van der Waals surface area contributed by atoms with Crippen LogP contribution in [-0.2, 0) is 19.1 Å². The van der Waals surface area contributed by atoms with E-state index >= 15 is 0 Å². The average molecular weight is 312 g/mol. The molecule has 0 radical (unpaired) electrons. The van der Waals surface area contributed by atoms with E-state index in [9.17, 15) is 14.4 Å². The molecule has 2 N–H and O–H groups in total. The molecule has 126 valence electrons. The summed E-state index contributed by atoms with van der Waals surface area (Å²) in [7, 11) is 0. The number of amides is 1. The number of nitrogens with two attached hydrogens (primary N) is 1. The second kappa shape index (κ2) is 8.27.